The Hall–Kier alpha value is -1.49. The first kappa shape index (κ1) is 12.6. The lowest BCUT2D eigenvalue weighted by Crippen LogP contribution is -2.35. The van der Waals surface area contributed by atoms with E-state index in [0.29, 0.717) is 6.42 Å². The van der Waals surface area contributed by atoms with Crippen LogP contribution in [0.2, 0.25) is 0 Å². The molecule has 0 aliphatic heterocycles. The summed E-state index contributed by atoms with van der Waals surface area (Å²) in [5, 5.41) is 2.16. The minimum absolute atomic E-state index is 0.266. The first-order chi connectivity index (χ1) is 7.47. The van der Waals surface area contributed by atoms with Gasteiger partial charge in [-0.25, -0.2) is 8.78 Å². The van der Waals surface area contributed by atoms with E-state index in [1.54, 1.807) is 6.92 Å². The van der Waals surface area contributed by atoms with E-state index < -0.39 is 29.3 Å². The Morgan fingerprint density at radius 3 is 2.69 bits per heavy atom. The van der Waals surface area contributed by atoms with Crippen molar-refractivity contribution in [2.75, 3.05) is 5.32 Å². The molecule has 0 saturated carbocycles. The zero-order chi connectivity index (χ0) is 12.3. The quantitative estimate of drug-likeness (QED) is 0.830. The maximum atomic E-state index is 13.5. The Morgan fingerprint density at radius 2 is 2.12 bits per heavy atom. The van der Waals surface area contributed by atoms with Crippen molar-refractivity contribution in [3.63, 3.8) is 0 Å². The normalized spacial score (nSPS) is 12.3. The zero-order valence-electron chi connectivity index (χ0n) is 9.18. The van der Waals surface area contributed by atoms with Crippen LogP contribution in [0.3, 0.4) is 0 Å². The zero-order valence-corrected chi connectivity index (χ0v) is 9.18. The van der Waals surface area contributed by atoms with E-state index in [1.807, 2.05) is 0 Å². The minimum Gasteiger partial charge on any atom is -0.320 e. The molecule has 0 aliphatic carbocycles. The maximum Gasteiger partial charge on any atom is 0.241 e. The average Bonchev–Trinajstić information content (AvgIpc) is 2.28. The SMILES string of the molecule is CCC(N)C(=O)Nc1c(F)ccc(C)c1F. The third-order valence-electron chi connectivity index (χ3n) is 2.31. The number of nitrogens with two attached hydrogens (primary N) is 1. The van der Waals surface area contributed by atoms with Gasteiger partial charge in [0.2, 0.25) is 5.91 Å². The van der Waals surface area contributed by atoms with E-state index in [-0.39, 0.29) is 5.56 Å². The number of carbonyl (C=O) groups excluding carboxylic acids is 1. The summed E-state index contributed by atoms with van der Waals surface area (Å²) in [6.45, 7) is 3.21. The van der Waals surface area contributed by atoms with E-state index in [1.165, 1.54) is 13.0 Å². The number of halogens is 2. The van der Waals surface area contributed by atoms with Gasteiger partial charge in [-0.2, -0.15) is 0 Å². The van der Waals surface area contributed by atoms with Crippen molar-refractivity contribution < 1.29 is 13.6 Å². The van der Waals surface area contributed by atoms with Crippen molar-refractivity contribution >= 4 is 11.6 Å². The van der Waals surface area contributed by atoms with Gasteiger partial charge in [-0.1, -0.05) is 13.0 Å². The highest BCUT2D eigenvalue weighted by Crippen LogP contribution is 2.21. The molecule has 1 amide bonds. The average molecular weight is 228 g/mol. The van der Waals surface area contributed by atoms with Crippen LogP contribution in [-0.2, 0) is 4.79 Å². The van der Waals surface area contributed by atoms with Gasteiger partial charge in [0, 0.05) is 0 Å². The highest BCUT2D eigenvalue weighted by Gasteiger charge is 2.17. The molecule has 0 spiro atoms. The number of benzene rings is 1. The third-order valence-corrected chi connectivity index (χ3v) is 2.31. The van der Waals surface area contributed by atoms with Crippen molar-refractivity contribution in [2.45, 2.75) is 26.3 Å². The van der Waals surface area contributed by atoms with Crippen molar-refractivity contribution in [1.82, 2.24) is 0 Å². The molecule has 0 aliphatic rings. The lowest BCUT2D eigenvalue weighted by molar-refractivity contribution is -0.117. The Labute approximate surface area is 92.6 Å². The van der Waals surface area contributed by atoms with Crippen LogP contribution in [0.5, 0.6) is 0 Å². The van der Waals surface area contributed by atoms with Gasteiger partial charge in [0.15, 0.2) is 5.82 Å². The lowest BCUT2D eigenvalue weighted by atomic mass is 10.1. The molecule has 1 atom stereocenters. The fourth-order valence-electron chi connectivity index (χ4n) is 1.17. The fourth-order valence-corrected chi connectivity index (χ4v) is 1.17. The van der Waals surface area contributed by atoms with Crippen molar-refractivity contribution in [1.29, 1.82) is 0 Å². The summed E-state index contributed by atoms with van der Waals surface area (Å²) in [6, 6.07) is 1.64. The number of hydrogen-bond donors (Lipinski definition) is 2. The molecule has 1 rings (SSSR count). The third kappa shape index (κ3) is 2.55. The van der Waals surface area contributed by atoms with Crippen LogP contribution >= 0.6 is 0 Å². The fraction of sp³-hybridized carbons (Fsp3) is 0.364. The lowest BCUT2D eigenvalue weighted by Gasteiger charge is -2.12. The molecule has 0 fully saturated rings. The molecule has 16 heavy (non-hydrogen) atoms. The Kier molecular flexibility index (Phi) is 3.95. The predicted molar refractivity (Wildman–Crippen MR) is 58.0 cm³/mol. The van der Waals surface area contributed by atoms with Gasteiger partial charge in [-0.05, 0) is 25.0 Å². The van der Waals surface area contributed by atoms with E-state index in [9.17, 15) is 13.6 Å². The summed E-state index contributed by atoms with van der Waals surface area (Å²) < 4.78 is 26.8. The van der Waals surface area contributed by atoms with Gasteiger partial charge in [-0.3, -0.25) is 4.79 Å². The van der Waals surface area contributed by atoms with Crippen molar-refractivity contribution in [3.8, 4) is 0 Å². The Bertz CT molecular complexity index is 407. The molecule has 1 aromatic carbocycles. The van der Waals surface area contributed by atoms with Crippen molar-refractivity contribution in [2.24, 2.45) is 5.73 Å². The number of anilines is 1. The first-order valence-electron chi connectivity index (χ1n) is 4.98. The van der Waals surface area contributed by atoms with Crippen LogP contribution < -0.4 is 11.1 Å². The van der Waals surface area contributed by atoms with Gasteiger partial charge in [0.1, 0.15) is 11.5 Å². The highest BCUT2D eigenvalue weighted by molar-refractivity contribution is 5.94. The molecule has 0 radical (unpaired) electrons. The molecule has 0 bridgehead atoms. The van der Waals surface area contributed by atoms with Gasteiger partial charge < -0.3 is 11.1 Å². The summed E-state index contributed by atoms with van der Waals surface area (Å²) in [5.74, 6) is -2.16. The molecule has 5 heteroatoms. The number of rotatable bonds is 3. The van der Waals surface area contributed by atoms with E-state index >= 15 is 0 Å². The van der Waals surface area contributed by atoms with Crippen LogP contribution in [-0.4, -0.2) is 11.9 Å². The molecular weight excluding hydrogens is 214 g/mol. The van der Waals surface area contributed by atoms with Crippen molar-refractivity contribution in [3.05, 3.63) is 29.3 Å². The second-order valence-electron chi connectivity index (χ2n) is 3.56. The van der Waals surface area contributed by atoms with Gasteiger partial charge in [-0.15, -0.1) is 0 Å². The van der Waals surface area contributed by atoms with Gasteiger partial charge in [0.25, 0.3) is 0 Å². The number of hydrogen-bond acceptors (Lipinski definition) is 2. The second-order valence-corrected chi connectivity index (χ2v) is 3.56. The minimum atomic E-state index is -0.806. The molecule has 0 aromatic heterocycles. The van der Waals surface area contributed by atoms with Crippen LogP contribution in [0.25, 0.3) is 0 Å². The first-order valence-corrected chi connectivity index (χ1v) is 4.98. The molecular formula is C11H14F2N2O. The highest BCUT2D eigenvalue weighted by atomic mass is 19.1. The molecule has 0 saturated heterocycles. The van der Waals surface area contributed by atoms with Crippen LogP contribution in [0.4, 0.5) is 14.5 Å². The van der Waals surface area contributed by atoms with Gasteiger partial charge in [0.05, 0.1) is 6.04 Å². The molecule has 3 N–H and O–H groups in total. The molecule has 1 aromatic rings. The summed E-state index contributed by atoms with van der Waals surface area (Å²) in [5.41, 5.74) is 5.27. The number of amides is 1. The van der Waals surface area contributed by atoms with E-state index in [0.717, 1.165) is 6.07 Å². The van der Waals surface area contributed by atoms with E-state index in [2.05, 4.69) is 5.32 Å². The smallest absolute Gasteiger partial charge is 0.241 e. The summed E-state index contributed by atoms with van der Waals surface area (Å²) >= 11 is 0. The number of nitrogens with one attached hydrogen (secondary N) is 1. The molecule has 1 unspecified atom stereocenters. The largest absolute Gasteiger partial charge is 0.320 e. The van der Waals surface area contributed by atoms with E-state index in [4.69, 9.17) is 5.73 Å². The Morgan fingerprint density at radius 1 is 1.50 bits per heavy atom. The maximum absolute atomic E-state index is 13.5. The molecule has 3 nitrogen and oxygen atoms in total. The number of carbonyl (C=O) groups is 1. The molecule has 88 valence electrons. The standard InChI is InChI=1S/C11H14F2N2O/c1-3-8(14)11(16)15-10-7(12)5-4-6(2)9(10)13/h4-5,8H,3,14H2,1-2H3,(H,15,16). The Balaban J connectivity index is 2.97. The van der Waals surface area contributed by atoms with Crippen LogP contribution in [0, 0.1) is 18.6 Å². The summed E-state index contributed by atoms with van der Waals surface area (Å²) in [7, 11) is 0. The topological polar surface area (TPSA) is 55.1 Å². The number of aryl methyl sites for hydroxylation is 1. The summed E-state index contributed by atoms with van der Waals surface area (Å²) in [4.78, 5) is 11.4. The van der Waals surface area contributed by atoms with Crippen LogP contribution in [0.1, 0.15) is 18.9 Å². The van der Waals surface area contributed by atoms with Gasteiger partial charge >= 0.3 is 0 Å². The van der Waals surface area contributed by atoms with Crippen LogP contribution in [0.15, 0.2) is 12.1 Å². The summed E-state index contributed by atoms with van der Waals surface area (Å²) in [6.07, 6.45) is 0.404. The second kappa shape index (κ2) is 5.03. The monoisotopic (exact) mass is 228 g/mol. The molecule has 0 heterocycles. The predicted octanol–water partition coefficient (Wildman–Crippen LogP) is 1.95.